The highest BCUT2D eigenvalue weighted by atomic mass is 16.5. The fraction of sp³-hybridized carbons (Fsp3) is 0.429. The van der Waals surface area contributed by atoms with Crippen molar-refractivity contribution in [2.75, 3.05) is 13.2 Å². The molecule has 1 fully saturated rings. The van der Waals surface area contributed by atoms with Gasteiger partial charge in [-0.25, -0.2) is 4.79 Å². The molecule has 8 heteroatoms. The van der Waals surface area contributed by atoms with Crippen molar-refractivity contribution in [3.8, 4) is 17.5 Å². The van der Waals surface area contributed by atoms with E-state index in [4.69, 9.17) is 18.9 Å². The Bertz CT molecular complexity index is 883. The van der Waals surface area contributed by atoms with E-state index in [2.05, 4.69) is 4.98 Å². The Morgan fingerprint density at radius 3 is 2.90 bits per heavy atom. The average Bonchev–Trinajstić information content (AvgIpc) is 3.37. The van der Waals surface area contributed by atoms with Crippen LogP contribution in [-0.2, 0) is 16.0 Å². The summed E-state index contributed by atoms with van der Waals surface area (Å²) in [6.07, 6.45) is 4.69. The molecule has 2 aromatic rings. The Kier molecular flexibility index (Phi) is 6.01. The lowest BCUT2D eigenvalue weighted by molar-refractivity contribution is 0.0519. The number of hydrogen-bond acceptors (Lipinski definition) is 7. The predicted molar refractivity (Wildman–Crippen MR) is 107 cm³/mol. The van der Waals surface area contributed by atoms with Crippen LogP contribution in [0.1, 0.15) is 48.5 Å². The van der Waals surface area contributed by atoms with Gasteiger partial charge >= 0.3 is 13.1 Å². The van der Waals surface area contributed by atoms with Gasteiger partial charge in [0.25, 0.3) is 0 Å². The lowest BCUT2D eigenvalue weighted by Gasteiger charge is -2.14. The quantitative estimate of drug-likeness (QED) is 0.568. The molecule has 0 spiro atoms. The van der Waals surface area contributed by atoms with Gasteiger partial charge in [0.05, 0.1) is 19.8 Å². The number of ether oxygens (including phenoxy) is 3. The van der Waals surface area contributed by atoms with Crippen LogP contribution in [0.2, 0.25) is 0 Å². The van der Waals surface area contributed by atoms with E-state index in [-0.39, 0.29) is 12.5 Å². The summed E-state index contributed by atoms with van der Waals surface area (Å²) < 4.78 is 22.1. The third kappa shape index (κ3) is 4.54. The maximum Gasteiger partial charge on any atom is 0.491 e. The summed E-state index contributed by atoms with van der Waals surface area (Å²) >= 11 is 0. The van der Waals surface area contributed by atoms with Gasteiger partial charge in [-0.3, -0.25) is 0 Å². The zero-order chi connectivity index (χ0) is 20.2. The Morgan fingerprint density at radius 2 is 2.10 bits per heavy atom. The van der Waals surface area contributed by atoms with Crippen molar-refractivity contribution in [2.24, 2.45) is 5.92 Å². The molecule has 1 saturated carbocycles. The first-order valence-corrected chi connectivity index (χ1v) is 10.1. The van der Waals surface area contributed by atoms with E-state index in [9.17, 15) is 9.82 Å². The van der Waals surface area contributed by atoms with Crippen LogP contribution < -0.4 is 14.9 Å². The Morgan fingerprint density at radius 1 is 1.28 bits per heavy atom. The molecule has 1 aliphatic heterocycles. The van der Waals surface area contributed by atoms with E-state index < -0.39 is 13.1 Å². The molecule has 2 aliphatic rings. The summed E-state index contributed by atoms with van der Waals surface area (Å²) in [6.45, 7) is 2.90. The van der Waals surface area contributed by atoms with Crippen molar-refractivity contribution in [2.45, 2.75) is 39.2 Å². The normalized spacial score (nSPS) is 16.0. The van der Waals surface area contributed by atoms with Crippen molar-refractivity contribution in [3.05, 3.63) is 41.5 Å². The SMILES string of the molecule is CCOC(=O)c1ccc(Oc2ccc3c(c2)COB3O)nc1OCC1CCCC1. The first-order valence-electron chi connectivity index (χ1n) is 10.1. The molecule has 0 unspecified atom stereocenters. The minimum atomic E-state index is -0.892. The molecule has 2 heterocycles. The second-order valence-corrected chi connectivity index (χ2v) is 7.31. The maximum atomic E-state index is 12.3. The summed E-state index contributed by atoms with van der Waals surface area (Å²) in [6, 6.07) is 8.56. The number of aromatic nitrogens is 1. The molecular formula is C21H24BNO6. The van der Waals surface area contributed by atoms with Gasteiger partial charge in [0.1, 0.15) is 11.3 Å². The molecule has 0 atom stereocenters. The second kappa shape index (κ2) is 8.84. The van der Waals surface area contributed by atoms with Crippen molar-refractivity contribution in [3.63, 3.8) is 0 Å². The fourth-order valence-corrected chi connectivity index (χ4v) is 3.72. The van der Waals surface area contributed by atoms with E-state index in [1.807, 2.05) is 6.07 Å². The van der Waals surface area contributed by atoms with Crippen LogP contribution in [-0.4, -0.2) is 36.3 Å². The van der Waals surface area contributed by atoms with E-state index >= 15 is 0 Å². The zero-order valence-corrected chi connectivity index (χ0v) is 16.4. The lowest BCUT2D eigenvalue weighted by Crippen LogP contribution is -2.27. The van der Waals surface area contributed by atoms with Gasteiger partial charge in [0, 0.05) is 6.07 Å². The summed E-state index contributed by atoms with van der Waals surface area (Å²) in [7, 11) is -0.892. The first-order chi connectivity index (χ1) is 14.1. The monoisotopic (exact) mass is 397 g/mol. The summed E-state index contributed by atoms with van der Waals surface area (Å²) in [5.41, 5.74) is 1.90. The maximum absolute atomic E-state index is 12.3. The summed E-state index contributed by atoms with van der Waals surface area (Å²) in [4.78, 5) is 16.7. The van der Waals surface area contributed by atoms with Crippen LogP contribution in [0.5, 0.6) is 17.5 Å². The molecule has 0 radical (unpaired) electrons. The number of fused-ring (bicyclic) bond motifs is 1. The molecule has 29 heavy (non-hydrogen) atoms. The molecular weight excluding hydrogens is 373 g/mol. The van der Waals surface area contributed by atoms with Crippen molar-refractivity contribution >= 4 is 18.6 Å². The average molecular weight is 397 g/mol. The van der Waals surface area contributed by atoms with E-state index in [1.165, 1.54) is 12.8 Å². The van der Waals surface area contributed by atoms with Crippen molar-refractivity contribution in [1.29, 1.82) is 0 Å². The van der Waals surface area contributed by atoms with Crippen LogP contribution in [0.15, 0.2) is 30.3 Å². The second-order valence-electron chi connectivity index (χ2n) is 7.31. The van der Waals surface area contributed by atoms with E-state index in [0.29, 0.717) is 36.3 Å². The van der Waals surface area contributed by atoms with E-state index in [1.54, 1.807) is 31.2 Å². The topological polar surface area (TPSA) is 87.1 Å². The molecule has 1 aromatic carbocycles. The van der Waals surface area contributed by atoms with Gasteiger partial charge in [0.15, 0.2) is 0 Å². The molecule has 4 rings (SSSR count). The van der Waals surface area contributed by atoms with E-state index in [0.717, 1.165) is 23.9 Å². The van der Waals surface area contributed by atoms with Gasteiger partial charge in [-0.2, -0.15) is 4.98 Å². The molecule has 0 saturated heterocycles. The number of carbonyl (C=O) groups excluding carboxylic acids is 1. The first kappa shape index (κ1) is 19.7. The molecule has 1 aliphatic carbocycles. The molecule has 0 amide bonds. The smallest absolute Gasteiger partial charge is 0.477 e. The van der Waals surface area contributed by atoms with Crippen LogP contribution in [0.25, 0.3) is 0 Å². The minimum Gasteiger partial charge on any atom is -0.477 e. The third-order valence-corrected chi connectivity index (χ3v) is 5.26. The largest absolute Gasteiger partial charge is 0.491 e. The molecule has 0 bridgehead atoms. The predicted octanol–water partition coefficient (Wildman–Crippen LogP) is 2.84. The van der Waals surface area contributed by atoms with Gasteiger partial charge in [-0.05, 0) is 54.9 Å². The summed E-state index contributed by atoms with van der Waals surface area (Å²) in [5, 5.41) is 9.74. The molecule has 7 nitrogen and oxygen atoms in total. The van der Waals surface area contributed by atoms with Gasteiger partial charge in [-0.1, -0.05) is 18.9 Å². The van der Waals surface area contributed by atoms with Crippen molar-refractivity contribution < 1.29 is 28.7 Å². The van der Waals surface area contributed by atoms with Crippen LogP contribution in [0, 0.1) is 5.92 Å². The fourth-order valence-electron chi connectivity index (χ4n) is 3.72. The Balaban J connectivity index is 1.53. The Labute approximate surface area is 170 Å². The van der Waals surface area contributed by atoms with Crippen LogP contribution in [0.4, 0.5) is 0 Å². The van der Waals surface area contributed by atoms with Gasteiger partial charge in [0.2, 0.25) is 11.8 Å². The number of rotatable bonds is 7. The molecule has 1 aromatic heterocycles. The van der Waals surface area contributed by atoms with Gasteiger partial charge in [-0.15, -0.1) is 0 Å². The molecule has 1 N–H and O–H groups in total. The number of pyridine rings is 1. The zero-order valence-electron chi connectivity index (χ0n) is 16.4. The van der Waals surface area contributed by atoms with Crippen molar-refractivity contribution in [1.82, 2.24) is 4.98 Å². The minimum absolute atomic E-state index is 0.229. The highest BCUT2D eigenvalue weighted by Gasteiger charge is 2.27. The Hall–Kier alpha value is -2.58. The number of esters is 1. The summed E-state index contributed by atoms with van der Waals surface area (Å²) in [5.74, 6) is 1.14. The molecule has 152 valence electrons. The number of benzene rings is 1. The van der Waals surface area contributed by atoms with Crippen LogP contribution in [0.3, 0.4) is 0 Å². The lowest BCUT2D eigenvalue weighted by atomic mass is 9.80. The number of hydrogen-bond donors (Lipinski definition) is 1. The highest BCUT2D eigenvalue weighted by molar-refractivity contribution is 6.61. The standard InChI is InChI=1S/C21H24BNO6/c1-2-26-21(24)17-8-10-19(23-20(17)27-12-14-5-3-4-6-14)29-16-7-9-18-15(11-16)13-28-22(18)25/h7-11,14,25H,2-6,12-13H2,1H3. The number of nitrogens with zero attached hydrogens (tertiary/aromatic N) is 1. The highest BCUT2D eigenvalue weighted by Crippen LogP contribution is 2.29. The van der Waals surface area contributed by atoms with Crippen LogP contribution >= 0.6 is 0 Å². The van der Waals surface area contributed by atoms with Gasteiger partial charge < -0.3 is 23.9 Å². The third-order valence-electron chi connectivity index (χ3n) is 5.26. The number of carbonyl (C=O) groups is 1.